The van der Waals surface area contributed by atoms with Crippen LogP contribution in [0.3, 0.4) is 0 Å². The highest BCUT2D eigenvalue weighted by Crippen LogP contribution is 2.32. The molecule has 29 heavy (non-hydrogen) atoms. The Morgan fingerprint density at radius 2 is 1.83 bits per heavy atom. The van der Waals surface area contributed by atoms with Crippen LogP contribution in [0.4, 0.5) is 5.69 Å². The highest BCUT2D eigenvalue weighted by atomic mass is 16.5. The van der Waals surface area contributed by atoms with Crippen LogP contribution in [0.25, 0.3) is 0 Å². The zero-order valence-electron chi connectivity index (χ0n) is 17.1. The van der Waals surface area contributed by atoms with Crippen molar-refractivity contribution in [3.05, 3.63) is 24.3 Å². The Labute approximate surface area is 172 Å². The lowest BCUT2D eigenvalue weighted by molar-refractivity contribution is -0.126. The van der Waals surface area contributed by atoms with E-state index in [1.54, 1.807) is 18.1 Å². The van der Waals surface area contributed by atoms with E-state index in [0.29, 0.717) is 43.4 Å². The lowest BCUT2D eigenvalue weighted by atomic mass is 9.87. The van der Waals surface area contributed by atoms with E-state index >= 15 is 0 Å². The predicted molar refractivity (Wildman–Crippen MR) is 111 cm³/mol. The SMILES string of the molecule is COc1ccccc1N1C[C@H](C(=O)NCCNC(=O)CC2CCCCC2)CC1=O. The van der Waals surface area contributed by atoms with Crippen LogP contribution in [0, 0.1) is 11.8 Å². The molecule has 2 aliphatic rings. The minimum atomic E-state index is -0.398. The lowest BCUT2D eigenvalue weighted by Crippen LogP contribution is -2.38. The van der Waals surface area contributed by atoms with E-state index in [2.05, 4.69) is 10.6 Å². The standard InChI is InChI=1S/C22H31N3O4/c1-29-19-10-6-5-9-18(19)25-15-17(14-21(25)27)22(28)24-12-11-23-20(26)13-16-7-3-2-4-8-16/h5-6,9-10,16-17H,2-4,7-8,11-15H2,1H3,(H,23,26)(H,24,28)/t17-/m1/s1. The Hall–Kier alpha value is -2.57. The number of para-hydroxylation sites is 2. The third-order valence-corrected chi connectivity index (χ3v) is 5.82. The normalized spacial score (nSPS) is 19.8. The number of benzene rings is 1. The molecular formula is C22H31N3O4. The summed E-state index contributed by atoms with van der Waals surface area (Å²) < 4.78 is 5.32. The third kappa shape index (κ3) is 5.71. The van der Waals surface area contributed by atoms with Crippen molar-refractivity contribution in [3.8, 4) is 5.75 Å². The molecule has 2 N–H and O–H groups in total. The van der Waals surface area contributed by atoms with Crippen LogP contribution >= 0.6 is 0 Å². The molecule has 1 aromatic rings. The van der Waals surface area contributed by atoms with Crippen LogP contribution in [0.2, 0.25) is 0 Å². The quantitative estimate of drug-likeness (QED) is 0.654. The summed E-state index contributed by atoms with van der Waals surface area (Å²) in [6, 6.07) is 7.30. The summed E-state index contributed by atoms with van der Waals surface area (Å²) in [4.78, 5) is 38.5. The van der Waals surface area contributed by atoms with E-state index in [4.69, 9.17) is 4.74 Å². The molecule has 0 unspecified atom stereocenters. The van der Waals surface area contributed by atoms with Gasteiger partial charge in [0, 0.05) is 32.5 Å². The zero-order chi connectivity index (χ0) is 20.6. The van der Waals surface area contributed by atoms with Gasteiger partial charge in [0.1, 0.15) is 5.75 Å². The summed E-state index contributed by atoms with van der Waals surface area (Å²) in [7, 11) is 1.56. The third-order valence-electron chi connectivity index (χ3n) is 5.82. The maximum atomic E-state index is 12.4. The molecule has 0 bridgehead atoms. The molecule has 1 heterocycles. The van der Waals surface area contributed by atoms with Crippen molar-refractivity contribution in [3.63, 3.8) is 0 Å². The Kier molecular flexibility index (Phi) is 7.49. The fourth-order valence-corrected chi connectivity index (χ4v) is 4.23. The van der Waals surface area contributed by atoms with Gasteiger partial charge in [0.25, 0.3) is 0 Å². The Morgan fingerprint density at radius 3 is 2.59 bits per heavy atom. The summed E-state index contributed by atoms with van der Waals surface area (Å²) >= 11 is 0. The van der Waals surface area contributed by atoms with E-state index in [1.165, 1.54) is 19.3 Å². The van der Waals surface area contributed by atoms with Gasteiger partial charge in [-0.15, -0.1) is 0 Å². The van der Waals surface area contributed by atoms with E-state index in [0.717, 1.165) is 12.8 Å². The summed E-state index contributed by atoms with van der Waals surface area (Å²) in [5, 5.41) is 5.73. The first-order valence-corrected chi connectivity index (χ1v) is 10.6. The molecule has 1 aliphatic carbocycles. The highest BCUT2D eigenvalue weighted by Gasteiger charge is 2.36. The minimum Gasteiger partial charge on any atom is -0.495 e. The summed E-state index contributed by atoms with van der Waals surface area (Å²) in [5.74, 6) is 0.536. The lowest BCUT2D eigenvalue weighted by Gasteiger charge is -2.21. The van der Waals surface area contributed by atoms with Gasteiger partial charge in [-0.05, 0) is 30.9 Å². The molecule has 7 heteroatoms. The number of hydrogen-bond donors (Lipinski definition) is 2. The predicted octanol–water partition coefficient (Wildman–Crippen LogP) is 2.25. The molecule has 158 valence electrons. The fraction of sp³-hybridized carbons (Fsp3) is 0.591. The first kappa shape index (κ1) is 21.1. The van der Waals surface area contributed by atoms with Gasteiger partial charge in [-0.1, -0.05) is 31.4 Å². The first-order valence-electron chi connectivity index (χ1n) is 10.6. The number of carbonyl (C=O) groups excluding carboxylic acids is 3. The van der Waals surface area contributed by atoms with Crippen LogP contribution in [-0.2, 0) is 14.4 Å². The van der Waals surface area contributed by atoms with Gasteiger partial charge in [0.2, 0.25) is 17.7 Å². The fourth-order valence-electron chi connectivity index (χ4n) is 4.23. The number of nitrogens with one attached hydrogen (secondary N) is 2. The highest BCUT2D eigenvalue weighted by molar-refractivity contribution is 6.01. The Balaban J connectivity index is 1.40. The molecule has 0 radical (unpaired) electrons. The van der Waals surface area contributed by atoms with Crippen molar-refractivity contribution in [2.45, 2.75) is 44.9 Å². The second kappa shape index (κ2) is 10.3. The maximum absolute atomic E-state index is 12.4. The topological polar surface area (TPSA) is 87.7 Å². The van der Waals surface area contributed by atoms with Crippen LogP contribution in [-0.4, -0.2) is 44.5 Å². The van der Waals surface area contributed by atoms with Gasteiger partial charge in [-0.2, -0.15) is 0 Å². The molecule has 1 aromatic carbocycles. The molecule has 1 saturated heterocycles. The average molecular weight is 402 g/mol. The second-order valence-electron chi connectivity index (χ2n) is 7.93. The Bertz CT molecular complexity index is 731. The summed E-state index contributed by atoms with van der Waals surface area (Å²) in [6.07, 6.45) is 6.77. The van der Waals surface area contributed by atoms with Crippen LogP contribution < -0.4 is 20.3 Å². The van der Waals surface area contributed by atoms with E-state index in [9.17, 15) is 14.4 Å². The Morgan fingerprint density at radius 1 is 1.10 bits per heavy atom. The number of hydrogen-bond acceptors (Lipinski definition) is 4. The van der Waals surface area contributed by atoms with E-state index < -0.39 is 5.92 Å². The largest absolute Gasteiger partial charge is 0.495 e. The van der Waals surface area contributed by atoms with Crippen LogP contribution in [0.15, 0.2) is 24.3 Å². The molecule has 1 saturated carbocycles. The number of nitrogens with zero attached hydrogens (tertiary/aromatic N) is 1. The van der Waals surface area contributed by atoms with Crippen LogP contribution in [0.1, 0.15) is 44.9 Å². The molecule has 0 spiro atoms. The van der Waals surface area contributed by atoms with Gasteiger partial charge >= 0.3 is 0 Å². The van der Waals surface area contributed by atoms with Gasteiger partial charge in [0.05, 0.1) is 18.7 Å². The van der Waals surface area contributed by atoms with Crippen molar-refractivity contribution >= 4 is 23.4 Å². The van der Waals surface area contributed by atoms with Gasteiger partial charge in [0.15, 0.2) is 0 Å². The number of ether oxygens (including phenoxy) is 1. The first-order chi connectivity index (χ1) is 14.1. The van der Waals surface area contributed by atoms with Crippen molar-refractivity contribution in [1.29, 1.82) is 0 Å². The molecular weight excluding hydrogens is 370 g/mol. The number of rotatable bonds is 8. The van der Waals surface area contributed by atoms with Crippen LogP contribution in [0.5, 0.6) is 5.75 Å². The number of methoxy groups -OCH3 is 1. The molecule has 1 aliphatic heterocycles. The number of anilines is 1. The van der Waals surface area contributed by atoms with Gasteiger partial charge in [-0.3, -0.25) is 14.4 Å². The molecule has 1 atom stereocenters. The molecule has 3 rings (SSSR count). The second-order valence-corrected chi connectivity index (χ2v) is 7.93. The monoisotopic (exact) mass is 401 g/mol. The van der Waals surface area contributed by atoms with Crippen molar-refractivity contribution in [1.82, 2.24) is 10.6 Å². The van der Waals surface area contributed by atoms with Crippen molar-refractivity contribution < 1.29 is 19.1 Å². The summed E-state index contributed by atoms with van der Waals surface area (Å²) in [6.45, 7) is 1.11. The molecule has 2 fully saturated rings. The van der Waals surface area contributed by atoms with Gasteiger partial charge in [-0.25, -0.2) is 0 Å². The van der Waals surface area contributed by atoms with E-state index in [1.807, 2.05) is 18.2 Å². The number of carbonyl (C=O) groups is 3. The molecule has 3 amide bonds. The van der Waals surface area contributed by atoms with Crippen molar-refractivity contribution in [2.75, 3.05) is 31.6 Å². The van der Waals surface area contributed by atoms with Gasteiger partial charge < -0.3 is 20.3 Å². The van der Waals surface area contributed by atoms with E-state index in [-0.39, 0.29) is 24.1 Å². The zero-order valence-corrected chi connectivity index (χ0v) is 17.1. The minimum absolute atomic E-state index is 0.0598. The molecule has 0 aromatic heterocycles. The summed E-state index contributed by atoms with van der Waals surface area (Å²) in [5.41, 5.74) is 0.685. The number of amides is 3. The van der Waals surface area contributed by atoms with Crippen molar-refractivity contribution in [2.24, 2.45) is 11.8 Å². The smallest absolute Gasteiger partial charge is 0.227 e. The average Bonchev–Trinajstić information content (AvgIpc) is 3.13. The molecule has 7 nitrogen and oxygen atoms in total. The maximum Gasteiger partial charge on any atom is 0.227 e.